The number of rotatable bonds is 4. The second-order valence-electron chi connectivity index (χ2n) is 6.40. The number of fused-ring (bicyclic) bond motifs is 1. The summed E-state index contributed by atoms with van der Waals surface area (Å²) in [6.07, 6.45) is 1.90. The first-order chi connectivity index (χ1) is 13.2. The van der Waals surface area contributed by atoms with Crippen molar-refractivity contribution >= 4 is 17.5 Å². The lowest BCUT2D eigenvalue weighted by molar-refractivity contribution is 0.251. The Labute approximate surface area is 157 Å². The topological polar surface area (TPSA) is 58.4 Å². The number of aryl methyl sites for hydroxylation is 1. The molecule has 0 radical (unpaired) electrons. The molecule has 0 saturated heterocycles. The van der Waals surface area contributed by atoms with Crippen LogP contribution in [-0.4, -0.2) is 15.4 Å². The Morgan fingerprint density at radius 1 is 0.963 bits per heavy atom. The smallest absolute Gasteiger partial charge is 0.320 e. The zero-order valence-corrected chi connectivity index (χ0v) is 15.0. The van der Waals surface area contributed by atoms with Crippen LogP contribution in [0, 0.1) is 6.92 Å². The van der Waals surface area contributed by atoms with Crippen LogP contribution in [0.25, 0.3) is 16.9 Å². The normalized spacial score (nSPS) is 10.7. The molecule has 0 aliphatic carbocycles. The number of nitrogens with one attached hydrogen (secondary N) is 2. The number of carbonyl (C=O) groups excluding carboxylic acids is 1. The molecule has 27 heavy (non-hydrogen) atoms. The summed E-state index contributed by atoms with van der Waals surface area (Å²) in [6, 6.07) is 23.4. The second kappa shape index (κ2) is 7.33. The number of urea groups is 1. The molecule has 0 aliphatic heterocycles. The number of anilines is 1. The average molecular weight is 356 g/mol. The van der Waals surface area contributed by atoms with Crippen molar-refractivity contribution in [2.75, 3.05) is 5.32 Å². The zero-order valence-electron chi connectivity index (χ0n) is 15.0. The van der Waals surface area contributed by atoms with E-state index in [9.17, 15) is 4.79 Å². The molecule has 0 atom stereocenters. The number of amides is 2. The predicted molar refractivity (Wildman–Crippen MR) is 108 cm³/mol. The van der Waals surface area contributed by atoms with Gasteiger partial charge in [-0.15, -0.1) is 0 Å². The van der Waals surface area contributed by atoms with E-state index in [4.69, 9.17) is 4.98 Å². The Balaban J connectivity index is 1.62. The van der Waals surface area contributed by atoms with Gasteiger partial charge in [-0.3, -0.25) is 9.72 Å². The molecule has 4 aromatic rings. The van der Waals surface area contributed by atoms with Gasteiger partial charge >= 0.3 is 6.03 Å². The molecular formula is C22H20N4O. The fourth-order valence-electron chi connectivity index (χ4n) is 2.96. The minimum absolute atomic E-state index is 0.266. The maximum Gasteiger partial charge on any atom is 0.320 e. The first-order valence-electron chi connectivity index (χ1n) is 8.83. The van der Waals surface area contributed by atoms with E-state index in [1.165, 1.54) is 5.56 Å². The van der Waals surface area contributed by atoms with Crippen LogP contribution in [0.4, 0.5) is 10.6 Å². The van der Waals surface area contributed by atoms with Gasteiger partial charge in [-0.1, -0.05) is 66.2 Å². The van der Waals surface area contributed by atoms with Gasteiger partial charge in [0, 0.05) is 18.3 Å². The summed E-state index contributed by atoms with van der Waals surface area (Å²) in [5.41, 5.74) is 4.72. The summed E-state index contributed by atoms with van der Waals surface area (Å²) in [5, 5.41) is 5.87. The molecule has 0 spiro atoms. The van der Waals surface area contributed by atoms with Crippen molar-refractivity contribution in [3.63, 3.8) is 0 Å². The lowest BCUT2D eigenvalue weighted by Gasteiger charge is -2.10. The van der Waals surface area contributed by atoms with Crippen LogP contribution < -0.4 is 10.6 Å². The van der Waals surface area contributed by atoms with E-state index in [0.717, 1.165) is 22.5 Å². The molecule has 5 heteroatoms. The van der Waals surface area contributed by atoms with Crippen LogP contribution in [0.3, 0.4) is 0 Å². The van der Waals surface area contributed by atoms with Crippen molar-refractivity contribution in [1.29, 1.82) is 0 Å². The molecule has 5 nitrogen and oxygen atoms in total. The summed E-state index contributed by atoms with van der Waals surface area (Å²) in [4.78, 5) is 17.2. The fourth-order valence-corrected chi connectivity index (χ4v) is 2.96. The third-order valence-corrected chi connectivity index (χ3v) is 4.38. The Hall–Kier alpha value is -3.60. The molecule has 2 N–H and O–H groups in total. The molecule has 0 saturated carbocycles. The Bertz CT molecular complexity index is 1070. The number of hydrogen-bond acceptors (Lipinski definition) is 2. The minimum Gasteiger partial charge on any atom is -0.334 e. The first-order valence-corrected chi connectivity index (χ1v) is 8.83. The molecule has 2 amide bonds. The van der Waals surface area contributed by atoms with Gasteiger partial charge < -0.3 is 5.32 Å². The van der Waals surface area contributed by atoms with Crippen molar-refractivity contribution in [2.45, 2.75) is 13.5 Å². The number of benzene rings is 2. The van der Waals surface area contributed by atoms with Crippen LogP contribution in [0.1, 0.15) is 11.1 Å². The molecule has 0 bridgehead atoms. The summed E-state index contributed by atoms with van der Waals surface area (Å²) < 4.78 is 1.89. The standard InChI is InChI=1S/C22H20N4O/c1-16-10-12-18(13-11-16)20-21(26-14-6-5-9-19(26)24-20)25-22(27)23-15-17-7-3-2-4-8-17/h2-14H,15H2,1H3,(H2,23,25,27). The first kappa shape index (κ1) is 16.8. The van der Waals surface area contributed by atoms with Crippen molar-refractivity contribution in [3.8, 4) is 11.3 Å². The summed E-state index contributed by atoms with van der Waals surface area (Å²) >= 11 is 0. The highest BCUT2D eigenvalue weighted by Gasteiger charge is 2.16. The number of carbonyl (C=O) groups is 1. The van der Waals surface area contributed by atoms with E-state index in [2.05, 4.69) is 10.6 Å². The van der Waals surface area contributed by atoms with Gasteiger partial charge in [0.1, 0.15) is 17.2 Å². The average Bonchev–Trinajstić information content (AvgIpc) is 3.06. The quantitative estimate of drug-likeness (QED) is 0.560. The highest BCUT2D eigenvalue weighted by atomic mass is 16.2. The lowest BCUT2D eigenvalue weighted by atomic mass is 10.1. The molecule has 4 rings (SSSR count). The van der Waals surface area contributed by atoms with E-state index >= 15 is 0 Å². The maximum absolute atomic E-state index is 12.5. The van der Waals surface area contributed by atoms with Gasteiger partial charge in [-0.2, -0.15) is 0 Å². The number of imidazole rings is 1. The Morgan fingerprint density at radius 2 is 1.70 bits per heavy atom. The highest BCUT2D eigenvalue weighted by Crippen LogP contribution is 2.28. The minimum atomic E-state index is -0.266. The van der Waals surface area contributed by atoms with Crippen LogP contribution in [0.5, 0.6) is 0 Å². The van der Waals surface area contributed by atoms with Crippen molar-refractivity contribution in [1.82, 2.24) is 14.7 Å². The van der Waals surface area contributed by atoms with E-state index in [1.807, 2.05) is 90.3 Å². The van der Waals surface area contributed by atoms with E-state index < -0.39 is 0 Å². The molecule has 0 fully saturated rings. The molecule has 0 unspecified atom stereocenters. The van der Waals surface area contributed by atoms with E-state index in [-0.39, 0.29) is 6.03 Å². The summed E-state index contributed by atoms with van der Waals surface area (Å²) in [7, 11) is 0. The largest absolute Gasteiger partial charge is 0.334 e. The van der Waals surface area contributed by atoms with Crippen molar-refractivity contribution in [2.24, 2.45) is 0 Å². The summed E-state index contributed by atoms with van der Waals surface area (Å²) in [5.74, 6) is 0.653. The van der Waals surface area contributed by atoms with E-state index in [1.54, 1.807) is 0 Å². The third kappa shape index (κ3) is 3.67. The van der Waals surface area contributed by atoms with Crippen LogP contribution >= 0.6 is 0 Å². The monoisotopic (exact) mass is 356 g/mol. The van der Waals surface area contributed by atoms with Crippen molar-refractivity contribution in [3.05, 3.63) is 90.1 Å². The molecule has 0 aliphatic rings. The van der Waals surface area contributed by atoms with Crippen LogP contribution in [-0.2, 0) is 6.54 Å². The highest BCUT2D eigenvalue weighted by molar-refractivity contribution is 5.93. The second-order valence-corrected chi connectivity index (χ2v) is 6.40. The van der Waals surface area contributed by atoms with Gasteiger partial charge in [-0.05, 0) is 24.6 Å². The number of nitrogens with zero attached hydrogens (tertiary/aromatic N) is 2. The number of pyridine rings is 1. The summed E-state index contributed by atoms with van der Waals surface area (Å²) in [6.45, 7) is 2.51. The van der Waals surface area contributed by atoms with Crippen LogP contribution in [0.15, 0.2) is 79.0 Å². The zero-order chi connectivity index (χ0) is 18.6. The molecule has 2 heterocycles. The SMILES string of the molecule is Cc1ccc(-c2nc3ccccn3c2NC(=O)NCc2ccccc2)cc1. The van der Waals surface area contributed by atoms with Gasteiger partial charge in [-0.25, -0.2) is 9.78 Å². The molecular weight excluding hydrogens is 336 g/mol. The lowest BCUT2D eigenvalue weighted by Crippen LogP contribution is -2.28. The Morgan fingerprint density at radius 3 is 2.48 bits per heavy atom. The Kier molecular flexibility index (Phi) is 4.58. The van der Waals surface area contributed by atoms with Gasteiger partial charge in [0.15, 0.2) is 0 Å². The maximum atomic E-state index is 12.5. The van der Waals surface area contributed by atoms with E-state index in [0.29, 0.717) is 12.4 Å². The molecule has 2 aromatic carbocycles. The number of aromatic nitrogens is 2. The van der Waals surface area contributed by atoms with Gasteiger partial charge in [0.05, 0.1) is 0 Å². The molecule has 134 valence electrons. The predicted octanol–water partition coefficient (Wildman–Crippen LogP) is 4.63. The third-order valence-electron chi connectivity index (χ3n) is 4.38. The fraction of sp³-hybridized carbons (Fsp3) is 0.0909. The number of hydrogen-bond donors (Lipinski definition) is 2. The van der Waals surface area contributed by atoms with Gasteiger partial charge in [0.25, 0.3) is 0 Å². The van der Waals surface area contributed by atoms with Gasteiger partial charge in [0.2, 0.25) is 0 Å². The van der Waals surface area contributed by atoms with Crippen LogP contribution in [0.2, 0.25) is 0 Å². The van der Waals surface area contributed by atoms with Crippen molar-refractivity contribution < 1.29 is 4.79 Å². The molecule has 2 aromatic heterocycles.